The quantitative estimate of drug-likeness (QED) is 0.773. The molecule has 1 aromatic rings. The highest BCUT2D eigenvalue weighted by Crippen LogP contribution is 2.06. The number of hydrogen-bond donors (Lipinski definition) is 2. The number of carbonyl (C=O) groups excluding carboxylic acids is 1. The summed E-state index contributed by atoms with van der Waals surface area (Å²) >= 11 is 0. The summed E-state index contributed by atoms with van der Waals surface area (Å²) in [5.74, 6) is -1.21. The number of rotatable bonds is 7. The Hall–Kier alpha value is -1.88. The molecule has 104 valence electrons. The number of benzene rings is 1. The zero-order valence-corrected chi connectivity index (χ0v) is 11.3. The second-order valence-electron chi connectivity index (χ2n) is 4.35. The molecule has 2 N–H and O–H groups in total. The number of hydrogen-bond acceptors (Lipinski definition) is 3. The normalized spacial score (nSPS) is 11.9. The standard InChI is InChI=1S/C14H20N2O3/c1-3-15-11(2)14(19)16(10-13(17)18)9-12-7-5-4-6-8-12/h4-8,11,15H,3,9-10H2,1-2H3,(H,17,18). The van der Waals surface area contributed by atoms with E-state index in [1.54, 1.807) is 6.92 Å². The third-order valence-electron chi connectivity index (χ3n) is 2.73. The molecule has 1 amide bonds. The minimum absolute atomic E-state index is 0.201. The van der Waals surface area contributed by atoms with Crippen LogP contribution in [0.25, 0.3) is 0 Å². The number of aliphatic carboxylic acids is 1. The lowest BCUT2D eigenvalue weighted by molar-refractivity contribution is -0.145. The van der Waals surface area contributed by atoms with Gasteiger partial charge >= 0.3 is 5.97 Å². The number of carboxylic acid groups (broad SMARTS) is 1. The molecule has 0 heterocycles. The zero-order chi connectivity index (χ0) is 14.3. The third kappa shape index (κ3) is 5.09. The van der Waals surface area contributed by atoms with Crippen LogP contribution in [-0.2, 0) is 16.1 Å². The molecule has 5 heteroatoms. The van der Waals surface area contributed by atoms with E-state index in [9.17, 15) is 9.59 Å². The van der Waals surface area contributed by atoms with Gasteiger partial charge in [0.15, 0.2) is 0 Å². The Morgan fingerprint density at radius 3 is 2.47 bits per heavy atom. The molecule has 0 aliphatic heterocycles. The van der Waals surface area contributed by atoms with Crippen molar-refractivity contribution in [2.75, 3.05) is 13.1 Å². The summed E-state index contributed by atoms with van der Waals surface area (Å²) in [7, 11) is 0. The van der Waals surface area contributed by atoms with Crippen molar-refractivity contribution in [3.63, 3.8) is 0 Å². The molecule has 0 saturated carbocycles. The highest BCUT2D eigenvalue weighted by atomic mass is 16.4. The van der Waals surface area contributed by atoms with Gasteiger partial charge in [-0.15, -0.1) is 0 Å². The van der Waals surface area contributed by atoms with Gasteiger partial charge in [0.05, 0.1) is 6.04 Å². The van der Waals surface area contributed by atoms with Crippen LogP contribution in [0.5, 0.6) is 0 Å². The van der Waals surface area contributed by atoms with Gasteiger partial charge in [-0.05, 0) is 19.0 Å². The van der Waals surface area contributed by atoms with E-state index in [1.807, 2.05) is 37.3 Å². The molecule has 1 rings (SSSR count). The first-order valence-electron chi connectivity index (χ1n) is 6.32. The summed E-state index contributed by atoms with van der Waals surface area (Å²) in [6, 6.07) is 8.99. The van der Waals surface area contributed by atoms with Crippen LogP contribution in [0.3, 0.4) is 0 Å². The minimum atomic E-state index is -1.01. The van der Waals surface area contributed by atoms with Gasteiger partial charge in [0.1, 0.15) is 6.54 Å². The first kappa shape index (κ1) is 15.2. The molecular weight excluding hydrogens is 244 g/mol. The molecule has 19 heavy (non-hydrogen) atoms. The predicted molar refractivity (Wildman–Crippen MR) is 72.6 cm³/mol. The molecule has 0 saturated heterocycles. The molecule has 0 radical (unpaired) electrons. The highest BCUT2D eigenvalue weighted by molar-refractivity contribution is 5.85. The van der Waals surface area contributed by atoms with Crippen molar-refractivity contribution in [3.05, 3.63) is 35.9 Å². The van der Waals surface area contributed by atoms with Crippen molar-refractivity contribution in [2.24, 2.45) is 0 Å². The van der Waals surface area contributed by atoms with Gasteiger partial charge in [-0.3, -0.25) is 9.59 Å². The minimum Gasteiger partial charge on any atom is -0.480 e. The molecule has 0 bridgehead atoms. The monoisotopic (exact) mass is 264 g/mol. The number of nitrogens with one attached hydrogen (secondary N) is 1. The van der Waals surface area contributed by atoms with Crippen LogP contribution < -0.4 is 5.32 Å². The van der Waals surface area contributed by atoms with E-state index in [-0.39, 0.29) is 18.5 Å². The molecule has 1 aromatic carbocycles. The van der Waals surface area contributed by atoms with Crippen LogP contribution in [0, 0.1) is 0 Å². The Kier molecular flexibility index (Phi) is 6.02. The molecule has 5 nitrogen and oxygen atoms in total. The van der Waals surface area contributed by atoms with Gasteiger partial charge in [0, 0.05) is 6.54 Å². The smallest absolute Gasteiger partial charge is 0.323 e. The lowest BCUT2D eigenvalue weighted by Gasteiger charge is -2.24. The first-order chi connectivity index (χ1) is 9.04. The summed E-state index contributed by atoms with van der Waals surface area (Å²) in [6.07, 6.45) is 0. The van der Waals surface area contributed by atoms with Crippen LogP contribution in [-0.4, -0.2) is 41.0 Å². The zero-order valence-electron chi connectivity index (χ0n) is 11.3. The Labute approximate surface area is 113 Å². The Balaban J connectivity index is 2.77. The fourth-order valence-electron chi connectivity index (χ4n) is 1.85. The van der Waals surface area contributed by atoms with Crippen molar-refractivity contribution in [1.29, 1.82) is 0 Å². The van der Waals surface area contributed by atoms with E-state index in [0.717, 1.165) is 5.56 Å². The second-order valence-corrected chi connectivity index (χ2v) is 4.35. The molecule has 0 spiro atoms. The van der Waals surface area contributed by atoms with Crippen molar-refractivity contribution < 1.29 is 14.7 Å². The van der Waals surface area contributed by atoms with E-state index < -0.39 is 5.97 Å². The summed E-state index contributed by atoms with van der Waals surface area (Å²) < 4.78 is 0. The fourth-order valence-corrected chi connectivity index (χ4v) is 1.85. The molecule has 0 aliphatic carbocycles. The second kappa shape index (κ2) is 7.53. The summed E-state index contributed by atoms with van der Waals surface area (Å²) in [5, 5.41) is 11.9. The molecule has 0 fully saturated rings. The number of carbonyl (C=O) groups is 2. The van der Waals surface area contributed by atoms with Crippen molar-refractivity contribution in [1.82, 2.24) is 10.2 Å². The van der Waals surface area contributed by atoms with Crippen LogP contribution in [0.2, 0.25) is 0 Å². The van der Waals surface area contributed by atoms with E-state index in [0.29, 0.717) is 13.1 Å². The highest BCUT2D eigenvalue weighted by Gasteiger charge is 2.21. The largest absolute Gasteiger partial charge is 0.480 e. The maximum Gasteiger partial charge on any atom is 0.323 e. The van der Waals surface area contributed by atoms with Gasteiger partial charge in [-0.2, -0.15) is 0 Å². The molecule has 0 aliphatic rings. The predicted octanol–water partition coefficient (Wildman–Crippen LogP) is 1.10. The Bertz CT molecular complexity index is 420. The number of carboxylic acids is 1. The maximum absolute atomic E-state index is 12.2. The molecule has 1 unspecified atom stereocenters. The Morgan fingerprint density at radius 2 is 1.95 bits per heavy atom. The maximum atomic E-state index is 12.2. The first-order valence-corrected chi connectivity index (χ1v) is 6.32. The van der Waals surface area contributed by atoms with Crippen molar-refractivity contribution >= 4 is 11.9 Å². The van der Waals surface area contributed by atoms with Crippen molar-refractivity contribution in [3.8, 4) is 0 Å². The number of likely N-dealkylation sites (N-methyl/N-ethyl adjacent to an activating group) is 1. The summed E-state index contributed by atoms with van der Waals surface area (Å²) in [5.41, 5.74) is 0.917. The van der Waals surface area contributed by atoms with Gasteiger partial charge in [-0.1, -0.05) is 37.3 Å². The molecule has 1 atom stereocenters. The fraction of sp³-hybridized carbons (Fsp3) is 0.429. The average molecular weight is 264 g/mol. The van der Waals surface area contributed by atoms with E-state index in [1.165, 1.54) is 4.90 Å². The summed E-state index contributed by atoms with van der Waals surface area (Å²) in [4.78, 5) is 24.4. The van der Waals surface area contributed by atoms with Crippen molar-refractivity contribution in [2.45, 2.75) is 26.4 Å². The lowest BCUT2D eigenvalue weighted by Crippen LogP contribution is -2.46. The van der Waals surface area contributed by atoms with Crippen LogP contribution in [0.4, 0.5) is 0 Å². The Morgan fingerprint density at radius 1 is 1.32 bits per heavy atom. The van der Waals surface area contributed by atoms with Gasteiger partial charge in [-0.25, -0.2) is 0 Å². The van der Waals surface area contributed by atoms with Crippen LogP contribution in [0.1, 0.15) is 19.4 Å². The summed E-state index contributed by atoms with van der Waals surface area (Å²) in [6.45, 7) is 4.33. The third-order valence-corrected chi connectivity index (χ3v) is 2.73. The van der Waals surface area contributed by atoms with E-state index >= 15 is 0 Å². The number of nitrogens with zero attached hydrogens (tertiary/aromatic N) is 1. The van der Waals surface area contributed by atoms with E-state index in [2.05, 4.69) is 5.32 Å². The van der Waals surface area contributed by atoms with Crippen LogP contribution in [0.15, 0.2) is 30.3 Å². The number of amides is 1. The van der Waals surface area contributed by atoms with Crippen LogP contribution >= 0.6 is 0 Å². The molecule has 0 aromatic heterocycles. The van der Waals surface area contributed by atoms with Gasteiger partial charge in [0.2, 0.25) is 5.91 Å². The van der Waals surface area contributed by atoms with Gasteiger partial charge < -0.3 is 15.3 Å². The topological polar surface area (TPSA) is 69.6 Å². The molecular formula is C14H20N2O3. The lowest BCUT2D eigenvalue weighted by atomic mass is 10.2. The average Bonchev–Trinajstić information content (AvgIpc) is 2.38. The van der Waals surface area contributed by atoms with E-state index in [4.69, 9.17) is 5.11 Å². The SMILES string of the molecule is CCNC(C)C(=O)N(CC(=O)O)Cc1ccccc1. The van der Waals surface area contributed by atoms with Gasteiger partial charge in [0.25, 0.3) is 0 Å².